The molecule has 4 fully saturated rings. The first-order valence-corrected chi connectivity index (χ1v) is 11.3. The van der Waals surface area contributed by atoms with E-state index in [0.717, 1.165) is 71.2 Å². The van der Waals surface area contributed by atoms with Gasteiger partial charge in [-0.15, -0.1) is 0 Å². The molecule has 28 heavy (non-hydrogen) atoms. The fourth-order valence-electron chi connectivity index (χ4n) is 5.75. The van der Waals surface area contributed by atoms with Crippen molar-refractivity contribution in [3.63, 3.8) is 0 Å². The van der Waals surface area contributed by atoms with Crippen LogP contribution in [0.25, 0.3) is 0 Å². The lowest BCUT2D eigenvalue weighted by molar-refractivity contribution is -0.130. The van der Waals surface area contributed by atoms with Gasteiger partial charge < -0.3 is 15.1 Å². The molecule has 3 unspecified atom stereocenters. The molecule has 2 amide bonds. The smallest absolute Gasteiger partial charge is 0.239 e. The highest BCUT2D eigenvalue weighted by molar-refractivity contribution is 5.83. The first kappa shape index (κ1) is 20.1. The van der Waals surface area contributed by atoms with Crippen LogP contribution in [0, 0.1) is 0 Å². The summed E-state index contributed by atoms with van der Waals surface area (Å²) in [6.45, 7) is 5.77. The van der Waals surface area contributed by atoms with Crippen LogP contribution in [0.15, 0.2) is 0 Å². The Hall–Kier alpha value is -1.18. The van der Waals surface area contributed by atoms with E-state index in [0.29, 0.717) is 19.0 Å². The molecule has 3 atom stereocenters. The first-order chi connectivity index (χ1) is 13.5. The molecule has 158 valence electrons. The summed E-state index contributed by atoms with van der Waals surface area (Å²) in [4.78, 5) is 34.7. The second-order valence-corrected chi connectivity index (χ2v) is 9.26. The number of amides is 2. The maximum Gasteiger partial charge on any atom is 0.239 e. The number of hydrogen-bond donors (Lipinski definition) is 1. The van der Waals surface area contributed by atoms with E-state index in [-0.39, 0.29) is 29.9 Å². The standard InChI is InChI=1S/C21H37N5O2/c1-23-12-7-16(8-13-23)26-14-9-18-20(26)21(28)22-15-17(24(18)2)5-6-19(27)25-10-3-4-11-25/h16-18,20H,3-15H2,1-2H3,(H,22,28). The van der Waals surface area contributed by atoms with Crippen LogP contribution in [0.4, 0.5) is 0 Å². The maximum absolute atomic E-state index is 13.0. The third-order valence-corrected chi connectivity index (χ3v) is 7.59. The molecule has 0 aromatic carbocycles. The van der Waals surface area contributed by atoms with Gasteiger partial charge in [0.25, 0.3) is 0 Å². The lowest BCUT2D eigenvalue weighted by Crippen LogP contribution is -2.54. The number of nitrogens with zero attached hydrogens (tertiary/aromatic N) is 4. The molecule has 4 saturated heterocycles. The van der Waals surface area contributed by atoms with E-state index in [1.807, 2.05) is 4.90 Å². The molecule has 0 saturated carbocycles. The van der Waals surface area contributed by atoms with Gasteiger partial charge in [-0.3, -0.25) is 19.4 Å². The van der Waals surface area contributed by atoms with Gasteiger partial charge >= 0.3 is 0 Å². The molecule has 7 nitrogen and oxygen atoms in total. The highest BCUT2D eigenvalue weighted by atomic mass is 16.2. The SMILES string of the molecule is CN1CCC(N2CCC3C2C(=O)NCC(CCC(=O)N2CCCC2)N3C)CC1. The van der Waals surface area contributed by atoms with E-state index in [9.17, 15) is 9.59 Å². The molecular formula is C21H37N5O2. The topological polar surface area (TPSA) is 59.1 Å². The van der Waals surface area contributed by atoms with Crippen molar-refractivity contribution in [2.75, 3.05) is 53.4 Å². The molecule has 0 spiro atoms. The van der Waals surface area contributed by atoms with E-state index in [2.05, 4.69) is 34.1 Å². The monoisotopic (exact) mass is 391 g/mol. The molecular weight excluding hydrogens is 354 g/mol. The number of carbonyl (C=O) groups is 2. The van der Waals surface area contributed by atoms with Gasteiger partial charge in [-0.2, -0.15) is 0 Å². The second-order valence-electron chi connectivity index (χ2n) is 9.26. The third-order valence-electron chi connectivity index (χ3n) is 7.59. The lowest BCUT2D eigenvalue weighted by atomic mass is 10.0. The first-order valence-electron chi connectivity index (χ1n) is 11.3. The summed E-state index contributed by atoms with van der Waals surface area (Å²) in [6.07, 6.45) is 7.08. The minimum atomic E-state index is -0.0299. The predicted octanol–water partition coefficient (Wildman–Crippen LogP) is 0.356. The van der Waals surface area contributed by atoms with Crippen molar-refractivity contribution in [1.82, 2.24) is 24.9 Å². The number of piperidine rings is 1. The molecule has 0 aliphatic carbocycles. The van der Waals surface area contributed by atoms with Crippen LogP contribution in [-0.4, -0.2) is 109 Å². The van der Waals surface area contributed by atoms with Crippen molar-refractivity contribution >= 4 is 11.8 Å². The molecule has 4 heterocycles. The summed E-state index contributed by atoms with van der Waals surface area (Å²) >= 11 is 0. The fraction of sp³-hybridized carbons (Fsp3) is 0.905. The molecule has 1 N–H and O–H groups in total. The van der Waals surface area contributed by atoms with Gasteiger partial charge in [0.15, 0.2) is 0 Å². The Morgan fingerprint density at radius 3 is 2.46 bits per heavy atom. The summed E-state index contributed by atoms with van der Waals surface area (Å²) in [6, 6.07) is 1.02. The van der Waals surface area contributed by atoms with Gasteiger partial charge in [0.2, 0.25) is 11.8 Å². The van der Waals surface area contributed by atoms with Gasteiger partial charge in [-0.1, -0.05) is 0 Å². The van der Waals surface area contributed by atoms with Crippen LogP contribution >= 0.6 is 0 Å². The number of hydrogen-bond acceptors (Lipinski definition) is 5. The zero-order valence-electron chi connectivity index (χ0n) is 17.6. The average Bonchev–Trinajstić information content (AvgIpc) is 3.36. The normalized spacial score (nSPS) is 33.7. The number of rotatable bonds is 4. The second kappa shape index (κ2) is 8.67. The zero-order valence-corrected chi connectivity index (χ0v) is 17.6. The van der Waals surface area contributed by atoms with Gasteiger partial charge in [0.1, 0.15) is 6.04 Å². The van der Waals surface area contributed by atoms with Gasteiger partial charge in [0, 0.05) is 50.7 Å². The average molecular weight is 392 g/mol. The maximum atomic E-state index is 13.0. The van der Waals surface area contributed by atoms with E-state index in [1.54, 1.807) is 0 Å². The van der Waals surface area contributed by atoms with Gasteiger partial charge in [0.05, 0.1) is 0 Å². The molecule has 0 radical (unpaired) electrons. The van der Waals surface area contributed by atoms with Crippen LogP contribution < -0.4 is 5.32 Å². The highest BCUT2D eigenvalue weighted by Crippen LogP contribution is 2.31. The third kappa shape index (κ3) is 4.07. The van der Waals surface area contributed by atoms with Crippen molar-refractivity contribution in [2.24, 2.45) is 0 Å². The Balaban J connectivity index is 1.38. The lowest BCUT2D eigenvalue weighted by Gasteiger charge is -2.39. The minimum absolute atomic E-state index is 0.0299. The van der Waals surface area contributed by atoms with Gasteiger partial charge in [-0.05, 0) is 65.7 Å². The molecule has 0 aromatic rings. The summed E-state index contributed by atoms with van der Waals surface area (Å²) in [5.74, 6) is 0.485. The van der Waals surface area contributed by atoms with Crippen LogP contribution in [0.3, 0.4) is 0 Å². The Morgan fingerprint density at radius 2 is 1.75 bits per heavy atom. The van der Waals surface area contributed by atoms with Crippen LogP contribution in [-0.2, 0) is 9.59 Å². The summed E-state index contributed by atoms with van der Waals surface area (Å²) < 4.78 is 0. The van der Waals surface area contributed by atoms with E-state index in [1.165, 1.54) is 0 Å². The number of likely N-dealkylation sites (N-methyl/N-ethyl adjacent to an activating group) is 1. The van der Waals surface area contributed by atoms with Gasteiger partial charge in [-0.25, -0.2) is 0 Å². The van der Waals surface area contributed by atoms with Crippen LogP contribution in [0.5, 0.6) is 0 Å². The molecule has 0 bridgehead atoms. The Morgan fingerprint density at radius 1 is 1.04 bits per heavy atom. The largest absolute Gasteiger partial charge is 0.353 e. The van der Waals surface area contributed by atoms with E-state index < -0.39 is 0 Å². The number of fused-ring (bicyclic) bond motifs is 1. The van der Waals surface area contributed by atoms with Crippen molar-refractivity contribution < 1.29 is 9.59 Å². The van der Waals surface area contributed by atoms with Crippen molar-refractivity contribution in [1.29, 1.82) is 0 Å². The van der Waals surface area contributed by atoms with E-state index >= 15 is 0 Å². The minimum Gasteiger partial charge on any atom is -0.353 e. The fourth-order valence-corrected chi connectivity index (χ4v) is 5.75. The van der Waals surface area contributed by atoms with Crippen molar-refractivity contribution in [2.45, 2.75) is 69.1 Å². The zero-order chi connectivity index (χ0) is 19.7. The predicted molar refractivity (Wildman–Crippen MR) is 109 cm³/mol. The molecule has 4 rings (SSSR count). The number of carbonyl (C=O) groups excluding carboxylic acids is 2. The Bertz CT molecular complexity index is 571. The van der Waals surface area contributed by atoms with Crippen molar-refractivity contribution in [3.05, 3.63) is 0 Å². The summed E-state index contributed by atoms with van der Waals surface area (Å²) in [5.41, 5.74) is 0. The molecule has 7 heteroatoms. The molecule has 4 aliphatic rings. The van der Waals surface area contributed by atoms with Crippen LogP contribution in [0.1, 0.15) is 44.9 Å². The van der Waals surface area contributed by atoms with Crippen LogP contribution in [0.2, 0.25) is 0 Å². The summed E-state index contributed by atoms with van der Waals surface area (Å²) in [5, 5.41) is 3.21. The number of nitrogens with one attached hydrogen (secondary N) is 1. The highest BCUT2D eigenvalue weighted by Gasteiger charge is 2.47. The molecule has 4 aliphatic heterocycles. The van der Waals surface area contributed by atoms with Crippen molar-refractivity contribution in [3.8, 4) is 0 Å². The molecule has 0 aromatic heterocycles. The Kier molecular flexibility index (Phi) is 6.23. The summed E-state index contributed by atoms with van der Waals surface area (Å²) in [7, 11) is 4.35. The Labute approximate surface area is 169 Å². The number of likely N-dealkylation sites (tertiary alicyclic amines) is 3. The quantitative estimate of drug-likeness (QED) is 0.750. The van der Waals surface area contributed by atoms with E-state index in [4.69, 9.17) is 0 Å².